The van der Waals surface area contributed by atoms with Gasteiger partial charge in [0.15, 0.2) is 5.88 Å². The molecule has 0 saturated heterocycles. The van der Waals surface area contributed by atoms with Gasteiger partial charge in [-0.15, -0.1) is 0 Å². The van der Waals surface area contributed by atoms with Crippen LogP contribution in [0, 0.1) is 0 Å². The number of aromatic nitrogens is 1. The molecule has 0 spiro atoms. The second-order valence-corrected chi connectivity index (χ2v) is 7.35. The van der Waals surface area contributed by atoms with E-state index in [1.807, 2.05) is 53.4 Å². The fourth-order valence-corrected chi connectivity index (χ4v) is 3.90. The van der Waals surface area contributed by atoms with Crippen molar-refractivity contribution in [2.75, 3.05) is 6.54 Å². The molecular weight excluding hydrogens is 403 g/mol. The van der Waals surface area contributed by atoms with Crippen molar-refractivity contribution < 1.29 is 17.9 Å². The first-order valence-corrected chi connectivity index (χ1v) is 9.85. The third kappa shape index (κ3) is 3.67. The van der Waals surface area contributed by atoms with Crippen LogP contribution in [0.15, 0.2) is 83.8 Å². The summed E-state index contributed by atoms with van der Waals surface area (Å²) in [7, 11) is 0. The number of alkyl halides is 3. The predicted octanol–water partition coefficient (Wildman–Crippen LogP) is 5.43. The summed E-state index contributed by atoms with van der Waals surface area (Å²) >= 11 is 0. The van der Waals surface area contributed by atoms with E-state index < -0.39 is 11.7 Å². The highest BCUT2D eigenvalue weighted by atomic mass is 19.4. The summed E-state index contributed by atoms with van der Waals surface area (Å²) in [4.78, 5) is 10.9. The van der Waals surface area contributed by atoms with Gasteiger partial charge < -0.3 is 4.74 Å². The number of halogens is 3. The van der Waals surface area contributed by atoms with Gasteiger partial charge in [0.05, 0.1) is 23.8 Å². The monoisotopic (exact) mass is 421 g/mol. The van der Waals surface area contributed by atoms with Crippen LogP contribution in [0.1, 0.15) is 34.0 Å². The molecule has 5 rings (SSSR count). The van der Waals surface area contributed by atoms with Gasteiger partial charge in [0, 0.05) is 17.8 Å². The Hall–Kier alpha value is -3.61. The summed E-state index contributed by atoms with van der Waals surface area (Å²) in [6.07, 6.45) is -0.726. The molecule has 3 aromatic rings. The molecule has 0 bridgehead atoms. The number of amidine groups is 1. The number of fused-ring (bicyclic) bond motifs is 3. The van der Waals surface area contributed by atoms with Crippen LogP contribution >= 0.6 is 0 Å². The third-order valence-corrected chi connectivity index (χ3v) is 5.39. The van der Waals surface area contributed by atoms with Crippen molar-refractivity contribution in [2.24, 2.45) is 4.99 Å². The lowest BCUT2D eigenvalue weighted by molar-refractivity contribution is -0.137. The zero-order valence-electron chi connectivity index (χ0n) is 16.4. The third-order valence-electron chi connectivity index (χ3n) is 5.39. The molecule has 0 aliphatic carbocycles. The van der Waals surface area contributed by atoms with Gasteiger partial charge >= 0.3 is 6.18 Å². The Morgan fingerprint density at radius 2 is 1.74 bits per heavy atom. The number of rotatable bonds is 4. The number of nitrogens with zero attached hydrogens (tertiary/aromatic N) is 3. The molecule has 0 saturated carbocycles. The molecule has 0 radical (unpaired) electrons. The standard InChI is InChI=1S/C24H18F3N3O/c25-24(26,27)18-10-8-16(9-11-18)23-29-14-21-20-7-2-1-5-17(20)13-22(30(21)23)31-15-19-6-3-4-12-28-19/h1-13,21H,14-15H2. The van der Waals surface area contributed by atoms with E-state index in [-0.39, 0.29) is 12.6 Å². The Morgan fingerprint density at radius 1 is 0.968 bits per heavy atom. The topological polar surface area (TPSA) is 37.7 Å². The van der Waals surface area contributed by atoms with Crippen molar-refractivity contribution in [3.8, 4) is 0 Å². The molecule has 1 aromatic heterocycles. The number of hydrogen-bond acceptors (Lipinski definition) is 4. The minimum Gasteiger partial charge on any atom is -0.472 e. The van der Waals surface area contributed by atoms with E-state index in [1.165, 1.54) is 12.1 Å². The van der Waals surface area contributed by atoms with Crippen LogP contribution in [0.2, 0.25) is 0 Å². The van der Waals surface area contributed by atoms with Crippen LogP contribution in [0.3, 0.4) is 0 Å². The van der Waals surface area contributed by atoms with Gasteiger partial charge in [0.25, 0.3) is 0 Å². The zero-order chi connectivity index (χ0) is 21.4. The summed E-state index contributed by atoms with van der Waals surface area (Å²) in [5.74, 6) is 1.20. The first-order valence-electron chi connectivity index (χ1n) is 9.85. The van der Waals surface area contributed by atoms with E-state index in [4.69, 9.17) is 4.74 Å². The average Bonchev–Trinajstić information content (AvgIpc) is 3.23. The molecule has 31 heavy (non-hydrogen) atoms. The molecule has 3 heterocycles. The smallest absolute Gasteiger partial charge is 0.416 e. The van der Waals surface area contributed by atoms with Crippen LogP contribution < -0.4 is 0 Å². The molecule has 1 unspecified atom stereocenters. The number of benzene rings is 2. The lowest BCUT2D eigenvalue weighted by Crippen LogP contribution is -2.34. The number of aliphatic imine (C=N–C) groups is 1. The molecule has 2 aliphatic rings. The quantitative estimate of drug-likeness (QED) is 0.564. The van der Waals surface area contributed by atoms with Crippen molar-refractivity contribution in [3.63, 3.8) is 0 Å². The molecule has 0 N–H and O–H groups in total. The normalized spacial score (nSPS) is 17.5. The second kappa shape index (κ2) is 7.58. The van der Waals surface area contributed by atoms with Crippen LogP contribution in [-0.4, -0.2) is 22.3 Å². The van der Waals surface area contributed by atoms with Crippen LogP contribution in [-0.2, 0) is 17.5 Å². The van der Waals surface area contributed by atoms with Gasteiger partial charge in [-0.1, -0.05) is 42.5 Å². The molecule has 0 amide bonds. The number of pyridine rings is 1. The van der Waals surface area contributed by atoms with Crippen LogP contribution in [0.5, 0.6) is 0 Å². The molecule has 2 aromatic carbocycles. The summed E-state index contributed by atoms with van der Waals surface area (Å²) in [6, 6.07) is 18.6. The molecule has 7 heteroatoms. The van der Waals surface area contributed by atoms with Gasteiger partial charge in [-0.3, -0.25) is 14.9 Å². The predicted molar refractivity (Wildman–Crippen MR) is 111 cm³/mol. The maximum absolute atomic E-state index is 13.0. The largest absolute Gasteiger partial charge is 0.472 e. The Labute approximate surface area is 177 Å². The summed E-state index contributed by atoms with van der Waals surface area (Å²) in [5, 5.41) is 0. The van der Waals surface area contributed by atoms with E-state index in [2.05, 4.69) is 9.98 Å². The van der Waals surface area contributed by atoms with Crippen molar-refractivity contribution in [1.82, 2.24) is 9.88 Å². The van der Waals surface area contributed by atoms with Gasteiger partial charge in [0.1, 0.15) is 12.4 Å². The van der Waals surface area contributed by atoms with Gasteiger partial charge in [-0.05, 0) is 35.4 Å². The molecular formula is C24H18F3N3O. The van der Waals surface area contributed by atoms with Crippen LogP contribution in [0.4, 0.5) is 13.2 Å². The number of ether oxygens (including phenoxy) is 1. The average molecular weight is 421 g/mol. The van der Waals surface area contributed by atoms with Gasteiger partial charge in [0.2, 0.25) is 0 Å². The van der Waals surface area contributed by atoms with Gasteiger partial charge in [-0.2, -0.15) is 13.2 Å². The van der Waals surface area contributed by atoms with Crippen molar-refractivity contribution in [1.29, 1.82) is 0 Å². The SMILES string of the molecule is FC(F)(F)c1ccc(C2=NCC3c4ccccc4C=C(OCc4ccccn4)N23)cc1. The van der Waals surface area contributed by atoms with E-state index in [1.54, 1.807) is 6.20 Å². The van der Waals surface area contributed by atoms with Gasteiger partial charge in [-0.25, -0.2) is 0 Å². The summed E-state index contributed by atoms with van der Waals surface area (Å²) < 4.78 is 45.1. The van der Waals surface area contributed by atoms with E-state index >= 15 is 0 Å². The van der Waals surface area contributed by atoms with Crippen molar-refractivity contribution >= 4 is 11.9 Å². The highest BCUT2D eigenvalue weighted by molar-refractivity contribution is 6.02. The minimum atomic E-state index is -4.38. The van der Waals surface area contributed by atoms with E-state index in [0.717, 1.165) is 29.0 Å². The highest BCUT2D eigenvalue weighted by Gasteiger charge is 2.38. The fourth-order valence-electron chi connectivity index (χ4n) is 3.90. The highest BCUT2D eigenvalue weighted by Crippen LogP contribution is 2.40. The summed E-state index contributed by atoms with van der Waals surface area (Å²) in [6.45, 7) is 0.774. The minimum absolute atomic E-state index is 0.0720. The molecule has 156 valence electrons. The summed E-state index contributed by atoms with van der Waals surface area (Å²) in [5.41, 5.74) is 2.87. The first kappa shape index (κ1) is 19.4. The Balaban J connectivity index is 1.49. The Morgan fingerprint density at radius 3 is 2.48 bits per heavy atom. The van der Waals surface area contributed by atoms with Crippen molar-refractivity contribution in [2.45, 2.75) is 18.8 Å². The Bertz CT molecular complexity index is 1150. The lowest BCUT2D eigenvalue weighted by atomic mass is 9.96. The van der Waals surface area contributed by atoms with E-state index in [0.29, 0.717) is 23.8 Å². The maximum Gasteiger partial charge on any atom is 0.416 e. The molecule has 1 atom stereocenters. The zero-order valence-corrected chi connectivity index (χ0v) is 16.4. The van der Waals surface area contributed by atoms with E-state index in [9.17, 15) is 13.2 Å². The second-order valence-electron chi connectivity index (χ2n) is 7.35. The lowest BCUT2D eigenvalue weighted by Gasteiger charge is -2.34. The van der Waals surface area contributed by atoms with Crippen molar-refractivity contribution in [3.05, 3.63) is 107 Å². The molecule has 0 fully saturated rings. The fraction of sp³-hybridized carbons (Fsp3) is 0.167. The maximum atomic E-state index is 13.0. The molecule has 2 aliphatic heterocycles. The first-order chi connectivity index (χ1) is 15.0. The van der Waals surface area contributed by atoms with Crippen LogP contribution in [0.25, 0.3) is 6.08 Å². The Kier molecular flexibility index (Phi) is 4.73. The number of hydrogen-bond donors (Lipinski definition) is 0. The molecule has 4 nitrogen and oxygen atoms in total.